The molecule has 8 aliphatic rings. The van der Waals surface area contributed by atoms with Crippen molar-refractivity contribution < 1.29 is 0 Å². The van der Waals surface area contributed by atoms with E-state index >= 15 is 0 Å². The quantitative estimate of drug-likeness (QED) is 0.172. The van der Waals surface area contributed by atoms with Crippen LogP contribution in [0.2, 0.25) is 0 Å². The molecule has 0 N–H and O–H groups in total. The van der Waals surface area contributed by atoms with Crippen LogP contribution in [0.5, 0.6) is 0 Å². The van der Waals surface area contributed by atoms with E-state index in [-0.39, 0.29) is 10.8 Å². The highest BCUT2D eigenvalue weighted by Gasteiger charge is 2.54. The summed E-state index contributed by atoms with van der Waals surface area (Å²) in [4.78, 5) is 2.66. The largest absolute Gasteiger partial charge is 0.309 e. The minimum Gasteiger partial charge on any atom is -0.309 e. The number of hydrogen-bond donors (Lipinski definition) is 0. The second kappa shape index (κ2) is 12.2. The van der Waals surface area contributed by atoms with Gasteiger partial charge >= 0.3 is 0 Å². The maximum absolute atomic E-state index is 2.66. The third-order valence-corrected chi connectivity index (χ3v) is 17.9. The molecule has 8 aromatic carbocycles. The molecule has 4 saturated carbocycles. The first-order valence-electron chi connectivity index (χ1n) is 24.1. The van der Waals surface area contributed by atoms with Crippen molar-refractivity contribution in [3.8, 4) is 44.5 Å². The van der Waals surface area contributed by atoms with Crippen LogP contribution < -0.4 is 4.90 Å². The summed E-state index contributed by atoms with van der Waals surface area (Å²) in [6, 6.07) is 64.5. The van der Waals surface area contributed by atoms with E-state index < -0.39 is 0 Å². The van der Waals surface area contributed by atoms with Crippen molar-refractivity contribution in [2.75, 3.05) is 4.90 Å². The van der Waals surface area contributed by atoms with E-state index in [9.17, 15) is 0 Å². The van der Waals surface area contributed by atoms with Crippen molar-refractivity contribution in [2.24, 2.45) is 17.8 Å². The molecule has 0 aromatic heterocycles. The van der Waals surface area contributed by atoms with E-state index in [2.05, 4.69) is 189 Å². The van der Waals surface area contributed by atoms with Crippen molar-refractivity contribution in [1.29, 1.82) is 0 Å². The number of para-hydroxylation sites is 1. The Morgan fingerprint density at radius 1 is 0.438 bits per heavy atom. The standard InChI is InChI=1S/C63H51N/c1-37-18-25-48-49-26-19-38(2)29-57(49)63(56(48)28-37)53-15-7-5-11-47(53)51-33-44(24-27-54(51)63)64-58-17-9-13-50-46-10-4-6-14-52(46)61(3,59(50)58)55-16-8-12-45(60(55)64)42-20-22-43(23-21-42)62-34-39-30-40(35-62)32-41(31-39)36-62/h4-29,33,39-41H,30-32,34-36H2,1-3H3. The molecule has 1 aliphatic heterocycles. The Balaban J connectivity index is 0.965. The lowest BCUT2D eigenvalue weighted by atomic mass is 9.48. The van der Waals surface area contributed by atoms with E-state index in [4.69, 9.17) is 0 Å². The van der Waals surface area contributed by atoms with Gasteiger partial charge in [-0.15, -0.1) is 0 Å². The highest BCUT2D eigenvalue weighted by molar-refractivity contribution is 6.03. The zero-order valence-corrected chi connectivity index (χ0v) is 37.0. The monoisotopic (exact) mass is 821 g/mol. The first kappa shape index (κ1) is 36.0. The Hall–Kier alpha value is -6.44. The summed E-state index contributed by atoms with van der Waals surface area (Å²) in [5.74, 6) is 2.79. The second-order valence-corrected chi connectivity index (χ2v) is 21.3. The van der Waals surface area contributed by atoms with Crippen LogP contribution in [-0.2, 0) is 16.2 Å². The molecule has 1 heteroatoms. The average Bonchev–Trinajstić information content (AvgIpc) is 3.88. The number of fused-ring (bicyclic) bond motifs is 15. The Labute approximate surface area is 377 Å². The number of aryl methyl sites for hydroxylation is 2. The fraction of sp³-hybridized carbons (Fsp3) is 0.238. The molecule has 64 heavy (non-hydrogen) atoms. The van der Waals surface area contributed by atoms with E-state index in [1.54, 1.807) is 5.56 Å². The fourth-order valence-corrected chi connectivity index (χ4v) is 15.9. The summed E-state index contributed by atoms with van der Waals surface area (Å²) < 4.78 is 0. The number of anilines is 3. The van der Waals surface area contributed by atoms with Crippen LogP contribution >= 0.6 is 0 Å². The number of rotatable bonds is 3. The van der Waals surface area contributed by atoms with E-state index in [0.29, 0.717) is 5.41 Å². The van der Waals surface area contributed by atoms with Crippen molar-refractivity contribution in [3.63, 3.8) is 0 Å². The van der Waals surface area contributed by atoms with Gasteiger partial charge in [-0.1, -0.05) is 157 Å². The van der Waals surface area contributed by atoms with Crippen LogP contribution in [0.3, 0.4) is 0 Å². The first-order valence-corrected chi connectivity index (χ1v) is 24.1. The predicted molar refractivity (Wildman–Crippen MR) is 263 cm³/mol. The first-order chi connectivity index (χ1) is 31.3. The van der Waals surface area contributed by atoms with Gasteiger partial charge in [-0.05, 0) is 184 Å². The smallest absolute Gasteiger partial charge is 0.0725 e. The number of nitrogens with zero attached hydrogens (tertiary/aromatic N) is 1. The molecule has 8 aromatic rings. The molecule has 4 bridgehead atoms. The van der Waals surface area contributed by atoms with E-state index in [1.807, 2.05) is 0 Å². The summed E-state index contributed by atoms with van der Waals surface area (Å²) in [6.07, 6.45) is 8.60. The van der Waals surface area contributed by atoms with Gasteiger partial charge in [0.05, 0.1) is 16.8 Å². The van der Waals surface area contributed by atoms with Crippen LogP contribution in [0.15, 0.2) is 164 Å². The highest BCUT2D eigenvalue weighted by atomic mass is 15.2. The summed E-state index contributed by atoms with van der Waals surface area (Å²) in [6.45, 7) is 7.00. The topological polar surface area (TPSA) is 3.24 Å². The lowest BCUT2D eigenvalue weighted by Crippen LogP contribution is -2.48. The van der Waals surface area contributed by atoms with Crippen LogP contribution in [-0.4, -0.2) is 0 Å². The maximum atomic E-state index is 2.66. The molecule has 0 radical (unpaired) electrons. The van der Waals surface area contributed by atoms with E-state index in [0.717, 1.165) is 17.8 Å². The molecule has 1 atom stereocenters. The van der Waals surface area contributed by atoms with Gasteiger partial charge < -0.3 is 4.90 Å². The molecule has 0 amide bonds. The lowest BCUT2D eigenvalue weighted by Gasteiger charge is -2.57. The predicted octanol–water partition coefficient (Wildman–Crippen LogP) is 15.9. The second-order valence-electron chi connectivity index (χ2n) is 21.3. The van der Waals surface area contributed by atoms with Gasteiger partial charge in [-0.3, -0.25) is 0 Å². The normalized spacial score (nSPS) is 24.8. The molecular formula is C63H51N. The van der Waals surface area contributed by atoms with Gasteiger partial charge in [0, 0.05) is 16.7 Å². The van der Waals surface area contributed by atoms with Gasteiger partial charge in [0.2, 0.25) is 0 Å². The Morgan fingerprint density at radius 2 is 0.984 bits per heavy atom. The number of hydrogen-bond acceptors (Lipinski definition) is 1. The van der Waals surface area contributed by atoms with Crippen molar-refractivity contribution >= 4 is 17.1 Å². The zero-order chi connectivity index (χ0) is 42.3. The Morgan fingerprint density at radius 3 is 1.67 bits per heavy atom. The Kier molecular flexibility index (Phi) is 6.86. The third kappa shape index (κ3) is 4.32. The third-order valence-electron chi connectivity index (χ3n) is 17.9. The minimum atomic E-state index is -0.384. The van der Waals surface area contributed by atoms with Gasteiger partial charge in [-0.2, -0.15) is 0 Å². The summed E-state index contributed by atoms with van der Waals surface area (Å²) in [5, 5.41) is 0. The van der Waals surface area contributed by atoms with Crippen LogP contribution in [0.1, 0.15) is 101 Å². The van der Waals surface area contributed by atoms with Gasteiger partial charge in [0.15, 0.2) is 0 Å². The zero-order valence-electron chi connectivity index (χ0n) is 37.0. The fourth-order valence-electron chi connectivity index (χ4n) is 15.9. The summed E-state index contributed by atoms with van der Waals surface area (Å²) in [7, 11) is 0. The van der Waals surface area contributed by atoms with Gasteiger partial charge in [0.1, 0.15) is 0 Å². The lowest BCUT2D eigenvalue weighted by molar-refractivity contribution is -0.00518. The van der Waals surface area contributed by atoms with Crippen molar-refractivity contribution in [2.45, 2.75) is 75.5 Å². The van der Waals surface area contributed by atoms with Gasteiger partial charge in [-0.25, -0.2) is 0 Å². The Bertz CT molecular complexity index is 3280. The van der Waals surface area contributed by atoms with Crippen molar-refractivity contribution in [3.05, 3.63) is 219 Å². The SMILES string of the molecule is Cc1ccc2c(c1)C1(c3ccccc3-c3cc(N4c5cccc6c5C(C)(c5ccccc5-6)c5cccc(-c6ccc(C78CC9CC(CC(C9)C7)C8)cc6)c54)ccc31)c1cc(C)ccc1-2. The average molecular weight is 822 g/mol. The summed E-state index contributed by atoms with van der Waals surface area (Å²) in [5.41, 5.74) is 28.2. The van der Waals surface area contributed by atoms with Crippen LogP contribution in [0, 0.1) is 31.6 Å². The number of benzene rings is 8. The minimum absolute atomic E-state index is 0.302. The molecular weight excluding hydrogens is 771 g/mol. The molecule has 0 saturated heterocycles. The molecule has 16 rings (SSSR count). The summed E-state index contributed by atoms with van der Waals surface area (Å²) >= 11 is 0. The molecule has 4 fully saturated rings. The van der Waals surface area contributed by atoms with E-state index in [1.165, 1.54) is 150 Å². The van der Waals surface area contributed by atoms with Gasteiger partial charge in [0.25, 0.3) is 0 Å². The van der Waals surface area contributed by atoms with Crippen LogP contribution in [0.4, 0.5) is 17.1 Å². The molecule has 1 nitrogen and oxygen atoms in total. The molecule has 7 aliphatic carbocycles. The molecule has 1 heterocycles. The molecule has 308 valence electrons. The maximum Gasteiger partial charge on any atom is 0.0725 e. The molecule has 1 unspecified atom stereocenters. The molecule has 1 spiro atoms. The van der Waals surface area contributed by atoms with Crippen molar-refractivity contribution in [1.82, 2.24) is 0 Å². The highest BCUT2D eigenvalue weighted by Crippen LogP contribution is 2.67. The van der Waals surface area contributed by atoms with Crippen LogP contribution in [0.25, 0.3) is 44.5 Å².